The molecule has 1 aliphatic heterocycles. The first kappa shape index (κ1) is 52.5. The van der Waals surface area contributed by atoms with Gasteiger partial charge < -0.3 is 44.1 Å². The van der Waals surface area contributed by atoms with Gasteiger partial charge in [-0.25, -0.2) is 0 Å². The van der Waals surface area contributed by atoms with Crippen molar-refractivity contribution in [2.45, 2.75) is 251 Å². The summed E-state index contributed by atoms with van der Waals surface area (Å²) >= 11 is 0. The molecule has 1 aromatic carbocycles. The Bertz CT molecular complexity index is 1020. The van der Waals surface area contributed by atoms with Crippen LogP contribution in [0.1, 0.15) is 219 Å². The Morgan fingerprint density at radius 1 is 0.448 bits per heavy atom. The number of benzene rings is 1. The lowest BCUT2D eigenvalue weighted by Gasteiger charge is -2.39. The van der Waals surface area contributed by atoms with Crippen molar-refractivity contribution in [1.82, 2.24) is 0 Å². The molecule has 9 heteroatoms. The molecule has 58 heavy (non-hydrogen) atoms. The monoisotopic (exact) mass is 823 g/mol. The molecule has 0 bridgehead atoms. The van der Waals surface area contributed by atoms with Crippen LogP contribution in [0.4, 0.5) is 0 Å². The Morgan fingerprint density at radius 2 is 0.793 bits per heavy atom. The van der Waals surface area contributed by atoms with Gasteiger partial charge in [-0.15, -0.1) is 0 Å². The van der Waals surface area contributed by atoms with E-state index in [-0.39, 0.29) is 6.61 Å². The molecule has 1 heterocycles. The Hall–Kier alpha value is -1.62. The minimum absolute atomic E-state index is 0.0324. The lowest BCUT2D eigenvalue weighted by atomic mass is 9.99. The zero-order valence-corrected chi connectivity index (χ0v) is 37.6. The summed E-state index contributed by atoms with van der Waals surface area (Å²) in [6.45, 7) is 8.03. The lowest BCUT2D eigenvalue weighted by Crippen LogP contribution is -2.59. The van der Waals surface area contributed by atoms with Crippen LogP contribution >= 0.6 is 0 Å². The molecule has 9 nitrogen and oxygen atoms in total. The zero-order chi connectivity index (χ0) is 41.9. The number of aliphatic hydroxyl groups is 4. The summed E-state index contributed by atoms with van der Waals surface area (Å²) in [5.74, 6) is 1.87. The van der Waals surface area contributed by atoms with Gasteiger partial charge in [0.25, 0.3) is 0 Å². The lowest BCUT2D eigenvalue weighted by molar-refractivity contribution is -0.304. The average molecular weight is 823 g/mol. The van der Waals surface area contributed by atoms with E-state index in [2.05, 4.69) is 20.8 Å². The van der Waals surface area contributed by atoms with Crippen LogP contribution in [0.2, 0.25) is 0 Å². The molecule has 1 aliphatic rings. The Labute approximate surface area is 355 Å². The van der Waals surface area contributed by atoms with Crippen LogP contribution in [-0.2, 0) is 16.1 Å². The molecule has 0 radical (unpaired) electrons. The third-order valence-electron chi connectivity index (χ3n) is 11.6. The van der Waals surface area contributed by atoms with Gasteiger partial charge in [0, 0.05) is 0 Å². The third-order valence-corrected chi connectivity index (χ3v) is 11.6. The van der Waals surface area contributed by atoms with Crippen LogP contribution < -0.4 is 14.2 Å². The van der Waals surface area contributed by atoms with Gasteiger partial charge in [-0.05, 0) is 37.0 Å². The smallest absolute Gasteiger partial charge is 0.203 e. The molecule has 1 fully saturated rings. The summed E-state index contributed by atoms with van der Waals surface area (Å²) in [7, 11) is 0. The molecule has 0 aromatic heterocycles. The first-order valence-electron chi connectivity index (χ1n) is 24.4. The standard InChI is InChI=1S/C49H90O9/c1-4-7-10-13-16-19-22-25-28-31-34-54-42-37-41(40-57-49-47(53)46(52)45(51)44(39-50)58-49)38-43(55-35-32-29-26-23-20-17-14-11-8-5-2)48(42)56-36-33-30-27-24-21-18-15-12-9-6-3/h37-38,44-47,49-53H,4-36,39-40H2,1-3H3/t44-,45+,46+,47-,49+/m1/s1. The van der Waals surface area contributed by atoms with E-state index in [0.29, 0.717) is 37.1 Å². The summed E-state index contributed by atoms with van der Waals surface area (Å²) in [5.41, 5.74) is 0.749. The molecule has 1 aromatic rings. The summed E-state index contributed by atoms with van der Waals surface area (Å²) in [6, 6.07) is 3.84. The molecule has 4 N–H and O–H groups in total. The van der Waals surface area contributed by atoms with Crippen molar-refractivity contribution in [3.05, 3.63) is 17.7 Å². The highest BCUT2D eigenvalue weighted by Gasteiger charge is 2.44. The van der Waals surface area contributed by atoms with Gasteiger partial charge in [-0.3, -0.25) is 0 Å². The number of aliphatic hydroxyl groups excluding tert-OH is 4. The molecule has 0 unspecified atom stereocenters. The molecule has 340 valence electrons. The van der Waals surface area contributed by atoms with E-state index in [1.54, 1.807) is 0 Å². The molecular weight excluding hydrogens is 733 g/mol. The molecule has 5 atom stereocenters. The molecule has 0 saturated carbocycles. The van der Waals surface area contributed by atoms with E-state index in [1.165, 1.54) is 154 Å². The van der Waals surface area contributed by atoms with Crippen molar-refractivity contribution in [1.29, 1.82) is 0 Å². The van der Waals surface area contributed by atoms with Crippen LogP contribution in [0, 0.1) is 0 Å². The fourth-order valence-corrected chi connectivity index (χ4v) is 7.76. The Balaban J connectivity index is 2.08. The number of ether oxygens (including phenoxy) is 5. The predicted molar refractivity (Wildman–Crippen MR) is 237 cm³/mol. The van der Waals surface area contributed by atoms with Crippen LogP contribution in [-0.4, -0.2) is 77.6 Å². The second-order valence-electron chi connectivity index (χ2n) is 17.0. The quantitative estimate of drug-likeness (QED) is 0.0478. The van der Waals surface area contributed by atoms with Crippen molar-refractivity contribution >= 4 is 0 Å². The fourth-order valence-electron chi connectivity index (χ4n) is 7.76. The van der Waals surface area contributed by atoms with Gasteiger partial charge in [-0.1, -0.05) is 194 Å². The van der Waals surface area contributed by atoms with Crippen molar-refractivity contribution in [3.8, 4) is 17.2 Å². The van der Waals surface area contributed by atoms with Gasteiger partial charge in [0.15, 0.2) is 17.8 Å². The summed E-state index contributed by atoms with van der Waals surface area (Å²) in [5, 5.41) is 40.9. The van der Waals surface area contributed by atoms with Gasteiger partial charge in [0.1, 0.15) is 24.4 Å². The van der Waals surface area contributed by atoms with Gasteiger partial charge in [-0.2, -0.15) is 0 Å². The predicted octanol–water partition coefficient (Wildman–Crippen LogP) is 11.9. The van der Waals surface area contributed by atoms with E-state index >= 15 is 0 Å². The summed E-state index contributed by atoms with van der Waals surface area (Å²) < 4.78 is 31.1. The average Bonchev–Trinajstić information content (AvgIpc) is 3.23. The second kappa shape index (κ2) is 36.1. The highest BCUT2D eigenvalue weighted by atomic mass is 16.7. The minimum Gasteiger partial charge on any atom is -0.490 e. The van der Waals surface area contributed by atoms with Crippen molar-refractivity contribution < 1.29 is 44.1 Å². The Morgan fingerprint density at radius 3 is 1.16 bits per heavy atom. The minimum atomic E-state index is -1.50. The van der Waals surface area contributed by atoms with Crippen molar-refractivity contribution in [2.24, 2.45) is 0 Å². The normalized spacial score (nSPS) is 19.5. The topological polar surface area (TPSA) is 127 Å². The van der Waals surface area contributed by atoms with E-state index in [1.807, 2.05) is 12.1 Å². The molecule has 2 rings (SSSR count). The van der Waals surface area contributed by atoms with Crippen molar-refractivity contribution in [3.63, 3.8) is 0 Å². The van der Waals surface area contributed by atoms with Crippen LogP contribution in [0.25, 0.3) is 0 Å². The van der Waals surface area contributed by atoms with Crippen LogP contribution in [0.15, 0.2) is 12.1 Å². The van der Waals surface area contributed by atoms with E-state index in [9.17, 15) is 20.4 Å². The van der Waals surface area contributed by atoms with E-state index < -0.39 is 37.3 Å². The molecule has 0 aliphatic carbocycles. The zero-order valence-electron chi connectivity index (χ0n) is 37.6. The van der Waals surface area contributed by atoms with Gasteiger partial charge in [0.2, 0.25) is 5.75 Å². The molecular formula is C49H90O9. The largest absolute Gasteiger partial charge is 0.490 e. The van der Waals surface area contributed by atoms with E-state index in [4.69, 9.17) is 23.7 Å². The molecule has 1 saturated heterocycles. The maximum Gasteiger partial charge on any atom is 0.203 e. The first-order valence-corrected chi connectivity index (χ1v) is 24.4. The number of rotatable bonds is 40. The summed E-state index contributed by atoms with van der Waals surface area (Å²) in [4.78, 5) is 0. The third kappa shape index (κ3) is 24.0. The van der Waals surface area contributed by atoms with E-state index in [0.717, 1.165) is 44.1 Å². The SMILES string of the molecule is CCCCCCCCCCCCOc1cc(CO[C@H]2O[C@H](CO)[C@H](O)[C@H](O)[C@H]2O)cc(OCCCCCCCCCCCC)c1OCCCCCCCCCCCC. The summed E-state index contributed by atoms with van der Waals surface area (Å²) in [6.07, 6.45) is 30.9. The second-order valence-corrected chi connectivity index (χ2v) is 17.0. The maximum atomic E-state index is 10.6. The van der Waals surface area contributed by atoms with Crippen LogP contribution in [0.3, 0.4) is 0 Å². The van der Waals surface area contributed by atoms with Gasteiger partial charge >= 0.3 is 0 Å². The highest BCUT2D eigenvalue weighted by molar-refractivity contribution is 5.54. The van der Waals surface area contributed by atoms with Gasteiger partial charge in [0.05, 0.1) is 33.0 Å². The Kier molecular flexibility index (Phi) is 32.7. The van der Waals surface area contributed by atoms with Crippen LogP contribution in [0.5, 0.6) is 17.2 Å². The van der Waals surface area contributed by atoms with Crippen molar-refractivity contribution in [2.75, 3.05) is 26.4 Å². The number of unbranched alkanes of at least 4 members (excludes halogenated alkanes) is 27. The molecule has 0 spiro atoms. The fraction of sp³-hybridized carbons (Fsp3) is 0.878. The first-order chi connectivity index (χ1) is 28.5. The molecule has 0 amide bonds. The maximum absolute atomic E-state index is 10.6. The highest BCUT2D eigenvalue weighted by Crippen LogP contribution is 2.40. The number of hydrogen-bond acceptors (Lipinski definition) is 9. The number of hydrogen-bond donors (Lipinski definition) is 4.